The zero-order valence-electron chi connectivity index (χ0n) is 14.5. The summed E-state index contributed by atoms with van der Waals surface area (Å²) in [4.78, 5) is 0. The first-order chi connectivity index (χ1) is 8.62. The van der Waals surface area contributed by atoms with Gasteiger partial charge in [0.1, 0.15) is 0 Å². The molecule has 0 aliphatic rings. The first kappa shape index (κ1) is 20.0. The molecule has 0 bridgehead atoms. The van der Waals surface area contributed by atoms with Crippen LogP contribution >= 0.6 is 7.82 Å². The van der Waals surface area contributed by atoms with Gasteiger partial charge in [0.2, 0.25) is 0 Å². The van der Waals surface area contributed by atoms with Crippen molar-refractivity contribution in [2.75, 3.05) is 83.6 Å². The molecule has 0 saturated heterocycles. The predicted molar refractivity (Wildman–Crippen MR) is 79.6 cm³/mol. The van der Waals surface area contributed by atoms with Gasteiger partial charge in [-0.25, -0.2) is 18.1 Å². The molecule has 0 unspecified atom stereocenters. The third kappa shape index (κ3) is 11.8. The van der Waals surface area contributed by atoms with Crippen molar-refractivity contribution in [2.24, 2.45) is 0 Å². The van der Waals surface area contributed by atoms with Crippen molar-refractivity contribution in [2.45, 2.75) is 0 Å². The smallest absolute Gasteiger partial charge is 0.308 e. The molecule has 0 heterocycles. The van der Waals surface area contributed by atoms with E-state index in [4.69, 9.17) is 13.6 Å². The van der Waals surface area contributed by atoms with Gasteiger partial charge >= 0.3 is 7.82 Å². The molecule has 0 N–H and O–H groups in total. The summed E-state index contributed by atoms with van der Waals surface area (Å²) in [5, 5.41) is 0. The first-order valence-corrected chi connectivity index (χ1v) is 8.03. The maximum absolute atomic E-state index is 12.7. The second kappa shape index (κ2) is 6.83. The van der Waals surface area contributed by atoms with E-state index in [0.29, 0.717) is 13.4 Å². The van der Waals surface area contributed by atoms with Crippen LogP contribution in [0.15, 0.2) is 0 Å². The summed E-state index contributed by atoms with van der Waals surface area (Å²) in [7, 11) is 14.0. The topological polar surface area (TPSA) is 44.8 Å². The number of hydrogen-bond donors (Lipinski definition) is 0. The van der Waals surface area contributed by atoms with Crippen LogP contribution in [0, 0.1) is 0 Å². The van der Waals surface area contributed by atoms with E-state index in [0.717, 1.165) is 0 Å². The molecule has 0 aromatic rings. The van der Waals surface area contributed by atoms with Gasteiger partial charge in [0, 0.05) is 0 Å². The Kier molecular flexibility index (Phi) is 6.83. The zero-order chi connectivity index (χ0) is 16.2. The Hall–Kier alpha value is -0.0100. The largest absolute Gasteiger partial charge is 0.488 e. The van der Waals surface area contributed by atoms with Gasteiger partial charge in [-0.05, 0) is 0 Å². The first-order valence-electron chi connectivity index (χ1n) is 6.57. The average molecular weight is 314 g/mol. The quantitative estimate of drug-likeness (QED) is 0.364. The van der Waals surface area contributed by atoms with Crippen molar-refractivity contribution in [3.05, 3.63) is 0 Å². The highest BCUT2D eigenvalue weighted by Gasteiger charge is 2.34. The molecule has 0 aliphatic heterocycles. The van der Waals surface area contributed by atoms with Gasteiger partial charge < -0.3 is 13.4 Å². The van der Waals surface area contributed by atoms with Crippen LogP contribution in [-0.4, -0.2) is 97.1 Å². The Balaban J connectivity index is 4.71. The van der Waals surface area contributed by atoms with E-state index in [1.807, 2.05) is 63.4 Å². The lowest BCUT2D eigenvalue weighted by Crippen LogP contribution is -2.40. The molecular weight excluding hydrogens is 281 g/mol. The lowest BCUT2D eigenvalue weighted by molar-refractivity contribution is -0.893. The van der Waals surface area contributed by atoms with Crippen LogP contribution in [-0.2, 0) is 18.1 Å². The molecule has 0 rings (SSSR count). The van der Waals surface area contributed by atoms with Crippen LogP contribution in [0.3, 0.4) is 0 Å². The van der Waals surface area contributed by atoms with Gasteiger partial charge in [-0.15, -0.1) is 0 Å². The molecule has 20 heavy (non-hydrogen) atoms. The zero-order valence-corrected chi connectivity index (χ0v) is 15.4. The van der Waals surface area contributed by atoms with Crippen molar-refractivity contribution in [3.63, 3.8) is 0 Å². The number of hydrogen-bond acceptors (Lipinski definition) is 4. The van der Waals surface area contributed by atoms with Gasteiger partial charge in [-0.3, -0.25) is 0 Å². The molecule has 0 radical (unpaired) electrons. The molecule has 0 spiro atoms. The molecule has 0 aromatic heterocycles. The number of nitrogens with zero attached hydrogens (tertiary/aromatic N) is 3. The minimum Gasteiger partial charge on any atom is -0.308 e. The Morgan fingerprint density at radius 3 is 0.950 bits per heavy atom. The van der Waals surface area contributed by atoms with Gasteiger partial charge in [0.15, 0.2) is 20.2 Å². The Bertz CT molecular complexity index is 290. The van der Waals surface area contributed by atoms with Crippen molar-refractivity contribution >= 4 is 7.82 Å². The standard InChI is InChI=1S/C12H33N3O4P/c1-13(2,3)10-17-20(16,18-11-14(4,5)6)19-12-15(7,8)9/h10-12H2,1-9H3/q+3. The molecule has 0 aliphatic carbocycles. The number of phosphoric acid groups is 1. The van der Waals surface area contributed by atoms with Gasteiger partial charge in [0.05, 0.1) is 63.4 Å². The summed E-state index contributed by atoms with van der Waals surface area (Å²) < 4.78 is 30.6. The highest BCUT2D eigenvalue weighted by molar-refractivity contribution is 7.48. The van der Waals surface area contributed by atoms with E-state index >= 15 is 0 Å². The van der Waals surface area contributed by atoms with E-state index in [-0.39, 0.29) is 20.2 Å². The molecule has 0 fully saturated rings. The van der Waals surface area contributed by atoms with E-state index < -0.39 is 7.82 Å². The predicted octanol–water partition coefficient (Wildman–Crippen LogP) is 1.14. The van der Waals surface area contributed by atoms with Crippen LogP contribution in [0.4, 0.5) is 0 Å². The minimum absolute atomic E-state index is 0.256. The van der Waals surface area contributed by atoms with E-state index in [1.165, 1.54) is 0 Å². The Morgan fingerprint density at radius 2 is 0.800 bits per heavy atom. The van der Waals surface area contributed by atoms with Gasteiger partial charge in [-0.1, -0.05) is 0 Å². The summed E-state index contributed by atoms with van der Waals surface area (Å²) in [5.74, 6) is 0. The Labute approximate surface area is 124 Å². The van der Waals surface area contributed by atoms with Crippen LogP contribution < -0.4 is 0 Å². The van der Waals surface area contributed by atoms with E-state index in [2.05, 4.69) is 0 Å². The number of phosphoric ester groups is 1. The average Bonchev–Trinajstić information content (AvgIpc) is 2.18. The van der Waals surface area contributed by atoms with Crippen LogP contribution in [0.5, 0.6) is 0 Å². The van der Waals surface area contributed by atoms with E-state index in [1.54, 1.807) is 0 Å². The normalized spacial score (nSPS) is 14.7. The molecule has 0 saturated carbocycles. The fourth-order valence-electron chi connectivity index (χ4n) is 0.844. The monoisotopic (exact) mass is 314 g/mol. The van der Waals surface area contributed by atoms with Crippen LogP contribution in [0.25, 0.3) is 0 Å². The fourth-order valence-corrected chi connectivity index (χ4v) is 2.53. The fraction of sp³-hybridized carbons (Fsp3) is 1.00. The van der Waals surface area contributed by atoms with Crippen molar-refractivity contribution in [1.82, 2.24) is 0 Å². The molecule has 122 valence electrons. The number of rotatable bonds is 9. The third-order valence-corrected chi connectivity index (χ3v) is 3.10. The summed E-state index contributed by atoms with van der Waals surface area (Å²) >= 11 is 0. The maximum atomic E-state index is 12.7. The van der Waals surface area contributed by atoms with Crippen molar-refractivity contribution in [3.8, 4) is 0 Å². The van der Waals surface area contributed by atoms with Gasteiger partial charge in [-0.2, -0.15) is 0 Å². The summed E-state index contributed by atoms with van der Waals surface area (Å²) in [5.41, 5.74) is 0. The molecule has 7 nitrogen and oxygen atoms in total. The maximum Gasteiger partial charge on any atom is 0.488 e. The third-order valence-electron chi connectivity index (χ3n) is 1.81. The number of quaternary nitrogens is 3. The summed E-state index contributed by atoms with van der Waals surface area (Å²) in [6.07, 6.45) is 0. The van der Waals surface area contributed by atoms with E-state index in [9.17, 15) is 4.57 Å². The summed E-state index contributed by atoms with van der Waals surface area (Å²) in [6.45, 7) is 0.767. The summed E-state index contributed by atoms with van der Waals surface area (Å²) in [6, 6.07) is 0. The highest BCUT2D eigenvalue weighted by atomic mass is 31.2. The highest BCUT2D eigenvalue weighted by Crippen LogP contribution is 2.50. The molecule has 0 atom stereocenters. The van der Waals surface area contributed by atoms with Gasteiger partial charge in [0.25, 0.3) is 0 Å². The molecular formula is C12H33N3O4P+3. The lowest BCUT2D eigenvalue weighted by Gasteiger charge is -2.30. The second-order valence-corrected chi connectivity index (χ2v) is 9.76. The van der Waals surface area contributed by atoms with Crippen LogP contribution in [0.2, 0.25) is 0 Å². The molecule has 0 aromatic carbocycles. The molecule has 8 heteroatoms. The SMILES string of the molecule is C[N+](C)(C)COP(=O)(OC[N+](C)(C)C)OC[N+](C)(C)C. The Morgan fingerprint density at radius 1 is 0.600 bits per heavy atom. The molecule has 0 amide bonds. The van der Waals surface area contributed by atoms with Crippen LogP contribution in [0.1, 0.15) is 0 Å². The van der Waals surface area contributed by atoms with Crippen molar-refractivity contribution in [1.29, 1.82) is 0 Å². The second-order valence-electron chi connectivity index (χ2n) is 8.09. The lowest BCUT2D eigenvalue weighted by atomic mass is 10.7. The van der Waals surface area contributed by atoms with Crippen molar-refractivity contribution < 1.29 is 31.6 Å². The minimum atomic E-state index is -3.56.